The van der Waals surface area contributed by atoms with Gasteiger partial charge in [0.15, 0.2) is 5.79 Å². The lowest BCUT2D eigenvalue weighted by Crippen LogP contribution is -2.66. The number of hydrogen-bond acceptors (Lipinski definition) is 11. The highest BCUT2D eigenvalue weighted by atomic mass is 16.7. The van der Waals surface area contributed by atoms with Crippen LogP contribution >= 0.6 is 0 Å². The number of rotatable bonds is 8. The Labute approximate surface area is 331 Å². The zero-order valence-electron chi connectivity index (χ0n) is 32.7. The molecule has 0 unspecified atom stereocenters. The van der Waals surface area contributed by atoms with E-state index in [4.69, 9.17) is 52.1 Å². The van der Waals surface area contributed by atoms with E-state index in [0.29, 0.717) is 26.2 Å². The molecule has 0 bridgehead atoms. The molecule has 8 aliphatic rings. The van der Waals surface area contributed by atoms with Gasteiger partial charge in [-0.05, 0) is 49.7 Å². The maximum absolute atomic E-state index is 7.13. The minimum atomic E-state index is -0.868. The van der Waals surface area contributed by atoms with Crippen LogP contribution in [0.1, 0.15) is 88.2 Å². The average molecular weight is 777 g/mol. The van der Waals surface area contributed by atoms with Gasteiger partial charge in [0.2, 0.25) is 0 Å². The van der Waals surface area contributed by atoms with E-state index in [-0.39, 0.29) is 91.6 Å². The van der Waals surface area contributed by atoms with Crippen molar-refractivity contribution in [1.29, 1.82) is 0 Å². The average Bonchev–Trinajstić information content (AvgIpc) is 3.39. The van der Waals surface area contributed by atoms with Crippen molar-refractivity contribution in [3.05, 3.63) is 71.8 Å². The summed E-state index contributed by atoms with van der Waals surface area (Å²) in [6.45, 7) is 2.27. The second kappa shape index (κ2) is 16.9. The summed E-state index contributed by atoms with van der Waals surface area (Å²) in [4.78, 5) is 0. The van der Waals surface area contributed by atoms with Crippen LogP contribution in [0, 0.1) is 0 Å². The quantitative estimate of drug-likeness (QED) is 0.306. The van der Waals surface area contributed by atoms with Crippen molar-refractivity contribution < 1.29 is 52.1 Å². The Morgan fingerprint density at radius 2 is 1.12 bits per heavy atom. The number of fused-ring (bicyclic) bond motifs is 7. The van der Waals surface area contributed by atoms with Crippen molar-refractivity contribution >= 4 is 0 Å². The summed E-state index contributed by atoms with van der Waals surface area (Å²) in [5.41, 5.74) is 2.27. The lowest BCUT2D eigenvalue weighted by Gasteiger charge is -2.56. The van der Waals surface area contributed by atoms with Crippen LogP contribution in [-0.4, -0.2) is 118 Å². The summed E-state index contributed by atoms with van der Waals surface area (Å²) in [6, 6.07) is 20.6. The zero-order chi connectivity index (χ0) is 37.5. The zero-order valence-corrected chi connectivity index (χ0v) is 32.7. The molecule has 8 fully saturated rings. The molecule has 11 nitrogen and oxygen atoms in total. The van der Waals surface area contributed by atoms with Crippen LogP contribution in [0.3, 0.4) is 0 Å². The van der Waals surface area contributed by atoms with Gasteiger partial charge < -0.3 is 52.1 Å². The van der Waals surface area contributed by atoms with E-state index in [1.807, 2.05) is 36.4 Å². The molecule has 11 heteroatoms. The molecule has 8 saturated heterocycles. The van der Waals surface area contributed by atoms with Crippen molar-refractivity contribution in [2.75, 3.05) is 20.3 Å². The highest BCUT2D eigenvalue weighted by molar-refractivity contribution is 5.14. The largest absolute Gasteiger partial charge is 0.375 e. The maximum atomic E-state index is 7.13. The first kappa shape index (κ1) is 38.2. The fraction of sp³-hybridized carbons (Fsp3) is 0.733. The molecule has 306 valence electrons. The van der Waals surface area contributed by atoms with Crippen molar-refractivity contribution in [3.8, 4) is 0 Å². The van der Waals surface area contributed by atoms with Gasteiger partial charge in [0.1, 0.15) is 12.2 Å². The van der Waals surface area contributed by atoms with E-state index >= 15 is 0 Å². The first-order valence-electron chi connectivity index (χ1n) is 21.6. The van der Waals surface area contributed by atoms with Crippen LogP contribution in [0.5, 0.6) is 0 Å². The van der Waals surface area contributed by atoms with Gasteiger partial charge in [-0.15, -0.1) is 0 Å². The normalized spacial score (nSPS) is 44.8. The second-order valence-electron chi connectivity index (χ2n) is 17.4. The summed E-state index contributed by atoms with van der Waals surface area (Å²) in [5.74, 6) is -0.868. The third-order valence-corrected chi connectivity index (χ3v) is 13.9. The first-order chi connectivity index (χ1) is 27.6. The van der Waals surface area contributed by atoms with Gasteiger partial charge in [0, 0.05) is 52.2 Å². The SMILES string of the molecule is CO[C@]12CCC[C@H]3O[C@H]4CC[C@H]5O[C@H]6CCCO[C@@H]6C[C@@H]5O[C@@H]4C[C@@H]3O[C@@H]1C[C@@H]1O[C@@H]3C[C@H](OCc4ccccc4)[C@@H](COCc4ccccc4)O[C@H]3C[C@H]1O2. The molecule has 0 aliphatic carbocycles. The smallest absolute Gasteiger partial charge is 0.194 e. The van der Waals surface area contributed by atoms with Crippen molar-refractivity contribution in [3.63, 3.8) is 0 Å². The summed E-state index contributed by atoms with van der Waals surface area (Å²) < 4.78 is 73.7. The van der Waals surface area contributed by atoms with E-state index < -0.39 is 5.79 Å². The van der Waals surface area contributed by atoms with Crippen LogP contribution in [0.25, 0.3) is 0 Å². The van der Waals surface area contributed by atoms with Crippen LogP contribution in [-0.2, 0) is 65.3 Å². The molecule has 10 rings (SSSR count). The number of hydrogen-bond donors (Lipinski definition) is 0. The van der Waals surface area contributed by atoms with Crippen LogP contribution in [0.4, 0.5) is 0 Å². The van der Waals surface area contributed by atoms with Crippen molar-refractivity contribution in [2.24, 2.45) is 0 Å². The van der Waals surface area contributed by atoms with Crippen LogP contribution < -0.4 is 0 Å². The fourth-order valence-corrected chi connectivity index (χ4v) is 11.0. The summed E-state index contributed by atoms with van der Waals surface area (Å²) in [5, 5.41) is 0. The monoisotopic (exact) mass is 776 g/mol. The predicted molar refractivity (Wildman–Crippen MR) is 203 cm³/mol. The molecule has 0 radical (unpaired) electrons. The first-order valence-corrected chi connectivity index (χ1v) is 21.6. The summed E-state index contributed by atoms with van der Waals surface area (Å²) in [7, 11) is 1.76. The van der Waals surface area contributed by atoms with E-state index in [1.54, 1.807) is 7.11 Å². The van der Waals surface area contributed by atoms with Gasteiger partial charge in [-0.1, -0.05) is 60.7 Å². The van der Waals surface area contributed by atoms with E-state index in [9.17, 15) is 0 Å². The second-order valence-corrected chi connectivity index (χ2v) is 17.4. The molecule has 0 N–H and O–H groups in total. The molecular weight excluding hydrogens is 716 g/mol. The van der Waals surface area contributed by atoms with Gasteiger partial charge in [-0.2, -0.15) is 0 Å². The van der Waals surface area contributed by atoms with Crippen molar-refractivity contribution in [1.82, 2.24) is 0 Å². The Hall–Kier alpha value is -2.00. The van der Waals surface area contributed by atoms with Crippen LogP contribution in [0.15, 0.2) is 60.7 Å². The highest BCUT2D eigenvalue weighted by Crippen LogP contribution is 2.47. The van der Waals surface area contributed by atoms with Gasteiger partial charge in [-0.3, -0.25) is 0 Å². The molecule has 56 heavy (non-hydrogen) atoms. The molecule has 0 saturated carbocycles. The minimum Gasteiger partial charge on any atom is -0.375 e. The topological polar surface area (TPSA) is 102 Å². The molecule has 2 aromatic rings. The highest BCUT2D eigenvalue weighted by Gasteiger charge is 2.58. The number of methoxy groups -OCH3 is 1. The number of ether oxygens (including phenoxy) is 11. The molecule has 0 aromatic heterocycles. The molecule has 2 aromatic carbocycles. The fourth-order valence-electron chi connectivity index (χ4n) is 11.0. The maximum Gasteiger partial charge on any atom is 0.194 e. The van der Waals surface area contributed by atoms with Crippen LogP contribution in [0.2, 0.25) is 0 Å². The third-order valence-electron chi connectivity index (χ3n) is 13.9. The molecule has 0 amide bonds. The molecular formula is C45H60O11. The van der Waals surface area contributed by atoms with Gasteiger partial charge in [0.25, 0.3) is 0 Å². The molecule has 8 heterocycles. The minimum absolute atomic E-state index is 0.00588. The molecule has 16 atom stereocenters. The molecule has 0 spiro atoms. The Bertz CT molecular complexity index is 1570. The van der Waals surface area contributed by atoms with Gasteiger partial charge in [-0.25, -0.2) is 0 Å². The Morgan fingerprint density at radius 3 is 1.88 bits per heavy atom. The Morgan fingerprint density at radius 1 is 0.554 bits per heavy atom. The third kappa shape index (κ3) is 8.00. The number of benzene rings is 2. The summed E-state index contributed by atoms with van der Waals surface area (Å²) in [6.07, 6.45) is 9.39. The van der Waals surface area contributed by atoms with E-state index in [2.05, 4.69) is 24.3 Å². The standard InChI is InChI=1S/C45H60O11/c1-46-45-18-8-14-31-38(22-37-33(51-31)17-16-32-36(52-37)20-34-30(50-32)15-9-19-48-34)55-44(45)24-41-42(56-45)23-40-39(53-41)21-35(49-26-29-12-6-3-7-13-29)43(54-40)27-47-25-28-10-4-2-5-11-28/h2-7,10-13,30-44H,8-9,14-27H2,1H3/t30-,31+,32+,33-,34+,35-,36-,37+,38-,39+,40-,41-,42+,43+,44+,45-/m0/s1. The van der Waals surface area contributed by atoms with E-state index in [0.717, 1.165) is 88.4 Å². The summed E-state index contributed by atoms with van der Waals surface area (Å²) >= 11 is 0. The van der Waals surface area contributed by atoms with Gasteiger partial charge >= 0.3 is 0 Å². The Kier molecular flexibility index (Phi) is 11.6. The lowest BCUT2D eigenvalue weighted by molar-refractivity contribution is -0.382. The lowest BCUT2D eigenvalue weighted by atomic mass is 9.83. The van der Waals surface area contributed by atoms with E-state index in [1.165, 1.54) is 0 Å². The van der Waals surface area contributed by atoms with Crippen molar-refractivity contribution in [2.45, 2.75) is 188 Å². The van der Waals surface area contributed by atoms with Gasteiger partial charge in [0.05, 0.1) is 99.2 Å². The predicted octanol–water partition coefficient (Wildman–Crippen LogP) is 6.21. The molecule has 8 aliphatic heterocycles. The Balaban J connectivity index is 0.814.